The fourth-order valence-corrected chi connectivity index (χ4v) is 7.25. The maximum atomic E-state index is 13.1. The number of fused-ring (bicyclic) bond motifs is 3. The van der Waals surface area contributed by atoms with E-state index in [4.69, 9.17) is 0 Å². The summed E-state index contributed by atoms with van der Waals surface area (Å²) in [6.45, 7) is 2.36. The molecule has 28 heavy (non-hydrogen) atoms. The molecule has 1 amide bonds. The lowest BCUT2D eigenvalue weighted by molar-refractivity contribution is -0.133. The van der Waals surface area contributed by atoms with E-state index in [0.29, 0.717) is 18.4 Å². The number of aryl methyl sites for hydroxylation is 2. The molecule has 2 aliphatic rings. The van der Waals surface area contributed by atoms with Crippen molar-refractivity contribution in [2.45, 2.75) is 58.0 Å². The molecule has 2 aromatic heterocycles. The van der Waals surface area contributed by atoms with Crippen LogP contribution in [-0.4, -0.2) is 52.9 Å². The van der Waals surface area contributed by atoms with Crippen LogP contribution in [0, 0.1) is 0 Å². The molecule has 0 radical (unpaired) electrons. The number of hydrogen-bond acceptors (Lipinski definition) is 6. The monoisotopic (exact) mass is 423 g/mol. The topological polar surface area (TPSA) is 89.3 Å². The molecule has 0 spiro atoms. The van der Waals surface area contributed by atoms with Crippen molar-refractivity contribution in [3.05, 3.63) is 27.1 Å². The van der Waals surface area contributed by atoms with Gasteiger partial charge in [0.2, 0.25) is 5.91 Å². The molecule has 1 atom stereocenters. The van der Waals surface area contributed by atoms with Gasteiger partial charge in [-0.25, -0.2) is 13.4 Å². The highest BCUT2D eigenvalue weighted by Crippen LogP contribution is 2.33. The molecule has 0 aromatic carbocycles. The van der Waals surface area contributed by atoms with Crippen LogP contribution in [0.15, 0.2) is 11.1 Å². The molecule has 0 N–H and O–H groups in total. The van der Waals surface area contributed by atoms with Crippen LogP contribution in [0.25, 0.3) is 10.2 Å². The summed E-state index contributed by atoms with van der Waals surface area (Å²) in [5.41, 5.74) is 0.950. The van der Waals surface area contributed by atoms with Gasteiger partial charge in [-0.3, -0.25) is 14.2 Å². The zero-order valence-electron chi connectivity index (χ0n) is 16.0. The fourth-order valence-electron chi connectivity index (χ4n) is 4.30. The van der Waals surface area contributed by atoms with Crippen molar-refractivity contribution in [2.75, 3.05) is 18.1 Å². The van der Waals surface area contributed by atoms with Gasteiger partial charge in [0.05, 0.1) is 23.2 Å². The van der Waals surface area contributed by atoms with Gasteiger partial charge in [0.25, 0.3) is 5.56 Å². The maximum Gasteiger partial charge on any atom is 0.262 e. The van der Waals surface area contributed by atoms with Crippen LogP contribution in [0.4, 0.5) is 0 Å². The molecule has 3 heterocycles. The minimum absolute atomic E-state index is 0.0168. The Morgan fingerprint density at radius 1 is 1.36 bits per heavy atom. The van der Waals surface area contributed by atoms with Crippen LogP contribution >= 0.6 is 11.3 Å². The van der Waals surface area contributed by atoms with Crippen LogP contribution in [0.2, 0.25) is 0 Å². The van der Waals surface area contributed by atoms with Crippen molar-refractivity contribution >= 4 is 37.3 Å². The molecule has 0 bridgehead atoms. The number of hydrogen-bond donors (Lipinski definition) is 0. The number of carbonyl (C=O) groups excluding carboxylic acids is 1. The molecular formula is C19H25N3O4S2. The highest BCUT2D eigenvalue weighted by Gasteiger charge is 2.34. The van der Waals surface area contributed by atoms with Crippen molar-refractivity contribution in [2.24, 2.45) is 0 Å². The van der Waals surface area contributed by atoms with Crippen molar-refractivity contribution in [1.82, 2.24) is 14.5 Å². The van der Waals surface area contributed by atoms with E-state index in [0.717, 1.165) is 42.5 Å². The lowest BCUT2D eigenvalue weighted by Crippen LogP contribution is -2.44. The summed E-state index contributed by atoms with van der Waals surface area (Å²) in [6, 6.07) is -0.293. The van der Waals surface area contributed by atoms with E-state index in [9.17, 15) is 18.0 Å². The van der Waals surface area contributed by atoms with Crippen molar-refractivity contribution < 1.29 is 13.2 Å². The standard InChI is InChI=1S/C19H25N3O4S2/c1-2-8-22(13-7-9-28(25,26)11-13)16(23)10-21-12-20-18-17(19(21)24)14-5-3-4-6-15(14)27-18/h12-13H,2-11H2,1H3. The Balaban J connectivity index is 1.62. The third kappa shape index (κ3) is 3.61. The molecule has 1 unspecified atom stereocenters. The first-order valence-corrected chi connectivity index (χ1v) is 12.5. The Bertz CT molecular complexity index is 1070. The minimum Gasteiger partial charge on any atom is -0.337 e. The normalized spacial score (nSPS) is 21.0. The molecule has 152 valence electrons. The van der Waals surface area contributed by atoms with Crippen molar-refractivity contribution in [1.29, 1.82) is 0 Å². The first kappa shape index (κ1) is 19.6. The van der Waals surface area contributed by atoms with E-state index in [1.165, 1.54) is 15.8 Å². The smallest absolute Gasteiger partial charge is 0.262 e. The Hall–Kier alpha value is -1.74. The number of carbonyl (C=O) groups is 1. The average molecular weight is 424 g/mol. The van der Waals surface area contributed by atoms with Gasteiger partial charge >= 0.3 is 0 Å². The zero-order valence-corrected chi connectivity index (χ0v) is 17.6. The van der Waals surface area contributed by atoms with E-state index in [2.05, 4.69) is 4.98 Å². The van der Waals surface area contributed by atoms with Crippen LogP contribution in [0.1, 0.15) is 43.0 Å². The van der Waals surface area contributed by atoms with Crippen LogP contribution in [0.3, 0.4) is 0 Å². The van der Waals surface area contributed by atoms with Gasteiger partial charge in [-0.1, -0.05) is 6.92 Å². The van der Waals surface area contributed by atoms with Crippen LogP contribution in [0.5, 0.6) is 0 Å². The second-order valence-electron chi connectivity index (χ2n) is 7.71. The third-order valence-corrected chi connectivity index (χ3v) is 8.63. The molecule has 1 aliphatic heterocycles. The molecule has 2 aromatic rings. The molecule has 4 rings (SSSR count). The SMILES string of the molecule is CCCN(C(=O)Cn1cnc2sc3c(c2c1=O)CCCC3)C1CCS(=O)(=O)C1. The first-order chi connectivity index (χ1) is 13.4. The number of amides is 1. The van der Waals surface area contributed by atoms with Crippen LogP contribution in [-0.2, 0) is 34.0 Å². The quantitative estimate of drug-likeness (QED) is 0.731. The fraction of sp³-hybridized carbons (Fsp3) is 0.632. The molecule has 1 saturated heterocycles. The number of nitrogens with zero attached hydrogens (tertiary/aromatic N) is 3. The Morgan fingerprint density at radius 3 is 2.86 bits per heavy atom. The van der Waals surface area contributed by atoms with Gasteiger partial charge in [0.1, 0.15) is 11.4 Å². The van der Waals surface area contributed by atoms with Gasteiger partial charge in [-0.2, -0.15) is 0 Å². The molecule has 9 heteroatoms. The lowest BCUT2D eigenvalue weighted by atomic mass is 9.97. The van der Waals surface area contributed by atoms with Gasteiger partial charge in [-0.05, 0) is 44.1 Å². The Kier molecular flexibility index (Phi) is 5.30. The number of sulfone groups is 1. The van der Waals surface area contributed by atoms with E-state index in [1.54, 1.807) is 16.2 Å². The van der Waals surface area contributed by atoms with E-state index >= 15 is 0 Å². The highest BCUT2D eigenvalue weighted by molar-refractivity contribution is 7.91. The molecule has 1 fully saturated rings. The number of rotatable bonds is 5. The Morgan fingerprint density at radius 2 is 2.14 bits per heavy atom. The summed E-state index contributed by atoms with van der Waals surface area (Å²) in [4.78, 5) is 34.1. The summed E-state index contributed by atoms with van der Waals surface area (Å²) >= 11 is 1.59. The second-order valence-corrected chi connectivity index (χ2v) is 11.0. The number of aromatic nitrogens is 2. The zero-order chi connectivity index (χ0) is 19.9. The van der Waals surface area contributed by atoms with Gasteiger partial charge in [0, 0.05) is 17.5 Å². The maximum absolute atomic E-state index is 13.1. The summed E-state index contributed by atoms with van der Waals surface area (Å²) in [7, 11) is -3.08. The van der Waals surface area contributed by atoms with Gasteiger partial charge < -0.3 is 4.90 Å². The summed E-state index contributed by atoms with van der Waals surface area (Å²) in [5, 5.41) is 0.667. The summed E-state index contributed by atoms with van der Waals surface area (Å²) in [5.74, 6) is -0.0703. The second kappa shape index (κ2) is 7.59. The number of thiophene rings is 1. The predicted molar refractivity (Wildman–Crippen MR) is 110 cm³/mol. The third-order valence-electron chi connectivity index (χ3n) is 5.68. The lowest BCUT2D eigenvalue weighted by Gasteiger charge is -2.28. The van der Waals surface area contributed by atoms with E-state index < -0.39 is 9.84 Å². The molecular weight excluding hydrogens is 398 g/mol. The summed E-state index contributed by atoms with van der Waals surface area (Å²) < 4.78 is 25.1. The molecule has 1 aliphatic carbocycles. The van der Waals surface area contributed by atoms with E-state index in [1.807, 2.05) is 6.92 Å². The van der Waals surface area contributed by atoms with Crippen LogP contribution < -0.4 is 5.56 Å². The highest BCUT2D eigenvalue weighted by atomic mass is 32.2. The van der Waals surface area contributed by atoms with Gasteiger partial charge in [0.15, 0.2) is 9.84 Å². The minimum atomic E-state index is -3.08. The van der Waals surface area contributed by atoms with Gasteiger partial charge in [-0.15, -0.1) is 11.3 Å². The largest absolute Gasteiger partial charge is 0.337 e. The Labute approximate surface area is 168 Å². The molecule has 7 nitrogen and oxygen atoms in total. The van der Waals surface area contributed by atoms with E-state index in [-0.39, 0.29) is 35.6 Å². The first-order valence-electron chi connectivity index (χ1n) is 9.89. The van der Waals surface area contributed by atoms with Crippen molar-refractivity contribution in [3.63, 3.8) is 0 Å². The van der Waals surface area contributed by atoms with Crippen molar-refractivity contribution in [3.8, 4) is 0 Å². The molecule has 0 saturated carbocycles. The summed E-state index contributed by atoms with van der Waals surface area (Å²) in [6.07, 6.45) is 6.78. The average Bonchev–Trinajstić information content (AvgIpc) is 3.21. The predicted octanol–water partition coefficient (Wildman–Crippen LogP) is 1.76.